The van der Waals surface area contributed by atoms with Crippen LogP contribution in [0, 0.1) is 0 Å². The molecule has 3 aromatic carbocycles. The Bertz CT molecular complexity index is 2240. The van der Waals surface area contributed by atoms with Gasteiger partial charge in [-0.15, -0.1) is 0 Å². The molecule has 5 aromatic rings. The normalized spacial score (nSPS) is 16.6. The summed E-state index contributed by atoms with van der Waals surface area (Å²) in [4.78, 5) is 52.2. The molecule has 0 spiro atoms. The molecule has 4 aliphatic heterocycles. The molecule has 0 saturated carbocycles. The van der Waals surface area contributed by atoms with Crippen LogP contribution in [0.1, 0.15) is 82.5 Å². The molecule has 6 heterocycles. The molecule has 4 aliphatic rings. The summed E-state index contributed by atoms with van der Waals surface area (Å²) in [5, 5.41) is 4.05. The Morgan fingerprint density at radius 3 is 1.74 bits per heavy atom. The van der Waals surface area contributed by atoms with Crippen LogP contribution in [0.15, 0.2) is 54.8 Å². The first kappa shape index (κ1) is 28.7. The van der Waals surface area contributed by atoms with E-state index in [2.05, 4.69) is 28.0 Å². The summed E-state index contributed by atoms with van der Waals surface area (Å²) in [7, 11) is 0. The zero-order valence-electron chi connectivity index (χ0n) is 26.3. The van der Waals surface area contributed by atoms with E-state index in [9.17, 15) is 19.2 Å². The number of anilines is 2. The van der Waals surface area contributed by atoms with E-state index in [1.807, 2.05) is 6.07 Å². The molecule has 9 rings (SSSR count). The fraction of sp³-hybridized carbons (Fsp3) is 0.368. The van der Waals surface area contributed by atoms with Crippen molar-refractivity contribution in [1.82, 2.24) is 0 Å². The maximum atomic E-state index is 12.1. The monoisotopic (exact) mass is 616 g/mol. The quantitative estimate of drug-likeness (QED) is 0.125. The maximum Gasteiger partial charge on any atom is 0.347 e. The third-order valence-electron chi connectivity index (χ3n) is 10.2. The average Bonchev–Trinajstić information content (AvgIpc) is 3.04. The minimum atomic E-state index is -0.549. The van der Waals surface area contributed by atoms with Gasteiger partial charge in [0.05, 0.1) is 0 Å². The molecular formula is C38H36N2O6. The van der Waals surface area contributed by atoms with Gasteiger partial charge in [-0.05, 0) is 129 Å². The molecule has 0 unspecified atom stereocenters. The van der Waals surface area contributed by atoms with Crippen molar-refractivity contribution in [3.63, 3.8) is 0 Å². The molecule has 0 fully saturated rings. The van der Waals surface area contributed by atoms with Gasteiger partial charge >= 0.3 is 11.3 Å². The fourth-order valence-electron chi connectivity index (χ4n) is 8.16. The van der Waals surface area contributed by atoms with Crippen molar-refractivity contribution < 1.29 is 18.4 Å². The highest BCUT2D eigenvalue weighted by Crippen LogP contribution is 2.42. The van der Waals surface area contributed by atoms with Gasteiger partial charge in [-0.1, -0.05) is 0 Å². The Morgan fingerprint density at radius 2 is 1.11 bits per heavy atom. The number of Topliss-reactive ketones (excluding diaryl/α,β-unsaturated/α-hetero) is 2. The van der Waals surface area contributed by atoms with E-state index in [0.717, 1.165) is 87.5 Å². The van der Waals surface area contributed by atoms with Crippen LogP contribution < -0.4 is 21.1 Å². The van der Waals surface area contributed by atoms with Gasteiger partial charge in [0.1, 0.15) is 22.3 Å². The van der Waals surface area contributed by atoms with E-state index in [1.165, 1.54) is 59.1 Å². The number of ketones is 2. The van der Waals surface area contributed by atoms with Crippen LogP contribution in [0.5, 0.6) is 0 Å². The molecule has 234 valence electrons. The van der Waals surface area contributed by atoms with Gasteiger partial charge in [0.25, 0.3) is 0 Å². The lowest BCUT2D eigenvalue weighted by molar-refractivity contribution is 0.100. The standard InChI is InChI=1S/C21H19NO3.C17H17NO3/c1-12(23)17-10-15-9-14-8-13-4-2-6-22-7-3-5-16(20(13)22)18(14)11-19(15)25-21(17)24;1-10(19)14-9-12-8-11-4-2-6-18-7-3-5-13(15(11)18)16(12)21-17(14)20/h8-11H,2-7H2,1H3;8-9H,2-7H2,1H3. The lowest BCUT2D eigenvalue weighted by Gasteiger charge is -2.37. The van der Waals surface area contributed by atoms with E-state index in [4.69, 9.17) is 8.83 Å². The first-order chi connectivity index (χ1) is 22.3. The van der Waals surface area contributed by atoms with Gasteiger partial charge in [0.15, 0.2) is 11.6 Å². The average molecular weight is 617 g/mol. The molecule has 0 N–H and O–H groups in total. The molecule has 46 heavy (non-hydrogen) atoms. The summed E-state index contributed by atoms with van der Waals surface area (Å²) in [5.41, 5.74) is 8.43. The number of rotatable bonds is 2. The first-order valence-electron chi connectivity index (χ1n) is 16.5. The van der Waals surface area contributed by atoms with Crippen LogP contribution in [-0.2, 0) is 25.7 Å². The number of hydrogen-bond donors (Lipinski definition) is 0. The summed E-state index contributed by atoms with van der Waals surface area (Å²) >= 11 is 0. The van der Waals surface area contributed by atoms with E-state index in [1.54, 1.807) is 12.1 Å². The molecule has 8 heteroatoms. The molecule has 8 nitrogen and oxygen atoms in total. The Labute approximate surface area is 265 Å². The van der Waals surface area contributed by atoms with Gasteiger partial charge in [-0.3, -0.25) is 9.59 Å². The lowest BCUT2D eigenvalue weighted by Crippen LogP contribution is -2.34. The first-order valence-corrected chi connectivity index (χ1v) is 16.5. The molecule has 0 aliphatic carbocycles. The Hall–Kier alpha value is -4.72. The number of carbonyl (C=O) groups excluding carboxylic acids is 2. The minimum absolute atomic E-state index is 0.123. The molecule has 0 amide bonds. The van der Waals surface area contributed by atoms with E-state index < -0.39 is 11.3 Å². The lowest BCUT2D eigenvalue weighted by atomic mass is 9.87. The second-order valence-corrected chi connectivity index (χ2v) is 13.2. The third-order valence-corrected chi connectivity index (χ3v) is 10.2. The van der Waals surface area contributed by atoms with Crippen molar-refractivity contribution >= 4 is 55.7 Å². The van der Waals surface area contributed by atoms with Crippen molar-refractivity contribution in [3.05, 3.63) is 90.6 Å². The maximum absolute atomic E-state index is 12.1. The SMILES string of the molecule is CC(=O)c1cc2cc3c4c(c2oc1=O)CCCN4CCC3.CC(=O)c1cc2cc3cc4c5c(c3cc2oc1=O)CCCN5CCC4. The Kier molecular flexibility index (Phi) is 6.85. The number of carbonyl (C=O) groups is 2. The predicted molar refractivity (Wildman–Crippen MR) is 180 cm³/mol. The zero-order valence-corrected chi connectivity index (χ0v) is 26.3. The summed E-state index contributed by atoms with van der Waals surface area (Å²) in [6.07, 6.45) is 8.80. The number of hydrogen-bond acceptors (Lipinski definition) is 8. The van der Waals surface area contributed by atoms with Crippen molar-refractivity contribution in [2.45, 2.75) is 65.2 Å². The largest absolute Gasteiger partial charge is 0.422 e. The van der Waals surface area contributed by atoms with Crippen molar-refractivity contribution in [2.75, 3.05) is 36.0 Å². The molecule has 0 atom stereocenters. The van der Waals surface area contributed by atoms with E-state index in [0.29, 0.717) is 11.2 Å². The fourth-order valence-corrected chi connectivity index (χ4v) is 8.16. The number of benzene rings is 3. The smallest absolute Gasteiger partial charge is 0.347 e. The van der Waals surface area contributed by atoms with Crippen molar-refractivity contribution in [3.8, 4) is 0 Å². The van der Waals surface area contributed by atoms with Crippen LogP contribution >= 0.6 is 0 Å². The summed E-state index contributed by atoms with van der Waals surface area (Å²) in [5.74, 6) is -0.495. The van der Waals surface area contributed by atoms with Crippen LogP contribution in [0.25, 0.3) is 32.7 Å². The van der Waals surface area contributed by atoms with Crippen LogP contribution in [0.2, 0.25) is 0 Å². The topological polar surface area (TPSA) is 101 Å². The third kappa shape index (κ3) is 4.65. The van der Waals surface area contributed by atoms with E-state index >= 15 is 0 Å². The van der Waals surface area contributed by atoms with Gasteiger partial charge in [0.2, 0.25) is 0 Å². The van der Waals surface area contributed by atoms with Gasteiger partial charge in [0, 0.05) is 53.9 Å². The molecular weight excluding hydrogens is 580 g/mol. The van der Waals surface area contributed by atoms with Gasteiger partial charge in [-0.2, -0.15) is 0 Å². The highest BCUT2D eigenvalue weighted by atomic mass is 16.4. The second-order valence-electron chi connectivity index (χ2n) is 13.2. The van der Waals surface area contributed by atoms with Crippen LogP contribution in [0.3, 0.4) is 0 Å². The van der Waals surface area contributed by atoms with Crippen molar-refractivity contribution in [1.29, 1.82) is 0 Å². The Morgan fingerprint density at radius 1 is 0.587 bits per heavy atom. The molecule has 0 bridgehead atoms. The minimum Gasteiger partial charge on any atom is -0.422 e. The molecule has 0 radical (unpaired) electrons. The summed E-state index contributed by atoms with van der Waals surface area (Å²) in [6.45, 7) is 7.24. The Balaban J connectivity index is 0.000000138. The summed E-state index contributed by atoms with van der Waals surface area (Å²) < 4.78 is 11.0. The molecule has 0 saturated heterocycles. The molecule has 2 aromatic heterocycles. The van der Waals surface area contributed by atoms with Gasteiger partial charge < -0.3 is 18.6 Å². The highest BCUT2D eigenvalue weighted by molar-refractivity contribution is 6.03. The van der Waals surface area contributed by atoms with Crippen LogP contribution in [0.4, 0.5) is 11.4 Å². The summed E-state index contributed by atoms with van der Waals surface area (Å²) in [6, 6.07) is 11.8. The predicted octanol–water partition coefficient (Wildman–Crippen LogP) is 6.54. The number of aryl methyl sites for hydroxylation is 4. The van der Waals surface area contributed by atoms with Gasteiger partial charge in [-0.25, -0.2) is 9.59 Å². The second kappa shape index (κ2) is 11.0. The van der Waals surface area contributed by atoms with E-state index in [-0.39, 0.29) is 22.7 Å². The zero-order chi connectivity index (χ0) is 31.7. The van der Waals surface area contributed by atoms with Crippen molar-refractivity contribution in [2.24, 2.45) is 0 Å². The number of nitrogens with zero attached hydrogens (tertiary/aromatic N) is 2. The highest BCUT2D eigenvalue weighted by Gasteiger charge is 2.28. The number of fused-ring (bicyclic) bond motifs is 5. The van der Waals surface area contributed by atoms with Crippen LogP contribution in [-0.4, -0.2) is 37.7 Å².